The summed E-state index contributed by atoms with van der Waals surface area (Å²) < 4.78 is 29.5. The average molecular weight is 402 g/mol. The molecule has 0 saturated carbocycles. The van der Waals surface area contributed by atoms with Crippen molar-refractivity contribution in [1.29, 1.82) is 0 Å². The van der Waals surface area contributed by atoms with Crippen molar-refractivity contribution in [1.82, 2.24) is 29.7 Å². The Balaban J connectivity index is 1.69. The van der Waals surface area contributed by atoms with Gasteiger partial charge < -0.3 is 4.90 Å². The number of para-hydroxylation sites is 2. The molecule has 2 aromatic heterocycles. The lowest BCUT2D eigenvalue weighted by Gasteiger charge is -2.33. The Morgan fingerprint density at radius 2 is 1.61 bits per heavy atom. The SMILES string of the molecule is CN1CCN(Nc2nc3ccccc3nc2NS(=O)(=O)c2cnn(C)c2)CC1. The first-order chi connectivity index (χ1) is 13.4. The fraction of sp³-hybridized carbons (Fsp3) is 0.353. The molecule has 0 atom stereocenters. The molecule has 0 amide bonds. The van der Waals surface area contributed by atoms with Gasteiger partial charge in [0.1, 0.15) is 4.90 Å². The molecule has 0 radical (unpaired) electrons. The topological polar surface area (TPSA) is 108 Å². The fourth-order valence-corrected chi connectivity index (χ4v) is 3.93. The van der Waals surface area contributed by atoms with Crippen molar-refractivity contribution in [2.24, 2.45) is 7.05 Å². The van der Waals surface area contributed by atoms with E-state index in [9.17, 15) is 8.42 Å². The van der Waals surface area contributed by atoms with E-state index in [-0.39, 0.29) is 10.7 Å². The van der Waals surface area contributed by atoms with Gasteiger partial charge in [-0.3, -0.25) is 14.8 Å². The Labute approximate surface area is 163 Å². The van der Waals surface area contributed by atoms with Gasteiger partial charge in [0.25, 0.3) is 10.0 Å². The third-order valence-corrected chi connectivity index (χ3v) is 5.85. The van der Waals surface area contributed by atoms with Crippen LogP contribution in [0.5, 0.6) is 0 Å². The van der Waals surface area contributed by atoms with E-state index in [1.54, 1.807) is 13.1 Å². The van der Waals surface area contributed by atoms with Gasteiger partial charge in [-0.05, 0) is 19.2 Å². The Morgan fingerprint density at radius 1 is 0.964 bits per heavy atom. The number of hydrazine groups is 1. The molecular formula is C17H22N8O2S. The molecule has 0 unspecified atom stereocenters. The molecule has 148 valence electrons. The number of fused-ring (bicyclic) bond motifs is 1. The highest BCUT2D eigenvalue weighted by atomic mass is 32.2. The number of anilines is 2. The molecule has 10 nitrogen and oxygen atoms in total. The van der Waals surface area contributed by atoms with Gasteiger partial charge in [-0.25, -0.2) is 23.4 Å². The zero-order valence-electron chi connectivity index (χ0n) is 15.7. The van der Waals surface area contributed by atoms with Crippen molar-refractivity contribution >= 4 is 32.7 Å². The lowest BCUT2D eigenvalue weighted by Crippen LogP contribution is -2.47. The standard InChI is InChI=1S/C17H22N8O2S/c1-23-7-9-25(10-8-23)21-16-17(20-15-6-4-3-5-14(15)19-16)22-28(26,27)13-11-18-24(2)12-13/h3-6,11-12H,7-10H2,1-2H3,(H,19,21)(H,20,22). The highest BCUT2D eigenvalue weighted by Gasteiger charge is 2.22. The van der Waals surface area contributed by atoms with Gasteiger partial charge in [-0.2, -0.15) is 5.10 Å². The van der Waals surface area contributed by atoms with E-state index in [0.717, 1.165) is 26.2 Å². The maximum Gasteiger partial charge on any atom is 0.266 e. The summed E-state index contributed by atoms with van der Waals surface area (Å²) in [6.45, 7) is 3.40. The van der Waals surface area contributed by atoms with Gasteiger partial charge in [0, 0.05) is 39.4 Å². The lowest BCUT2D eigenvalue weighted by atomic mass is 10.3. The summed E-state index contributed by atoms with van der Waals surface area (Å²) in [4.78, 5) is 11.4. The zero-order valence-corrected chi connectivity index (χ0v) is 16.5. The van der Waals surface area contributed by atoms with Crippen LogP contribution in [0.4, 0.5) is 11.6 Å². The smallest absolute Gasteiger partial charge is 0.266 e. The fourth-order valence-electron chi connectivity index (χ4n) is 2.94. The Morgan fingerprint density at radius 3 is 2.21 bits per heavy atom. The van der Waals surface area contributed by atoms with Crippen molar-refractivity contribution in [2.45, 2.75) is 4.90 Å². The van der Waals surface area contributed by atoms with E-state index in [2.05, 4.69) is 37.2 Å². The average Bonchev–Trinajstić information content (AvgIpc) is 3.11. The highest BCUT2D eigenvalue weighted by Crippen LogP contribution is 2.24. The van der Waals surface area contributed by atoms with Crippen LogP contribution in [0.15, 0.2) is 41.6 Å². The second-order valence-corrected chi connectivity index (χ2v) is 8.45. The van der Waals surface area contributed by atoms with Crippen LogP contribution >= 0.6 is 0 Å². The van der Waals surface area contributed by atoms with Crippen LogP contribution in [0.25, 0.3) is 11.0 Å². The molecular weight excluding hydrogens is 380 g/mol. The predicted molar refractivity (Wildman–Crippen MR) is 106 cm³/mol. The number of benzene rings is 1. The van der Waals surface area contributed by atoms with Gasteiger partial charge in [0.15, 0.2) is 11.6 Å². The third-order valence-electron chi connectivity index (χ3n) is 4.56. The number of hydrogen-bond acceptors (Lipinski definition) is 8. The van der Waals surface area contributed by atoms with E-state index < -0.39 is 10.0 Å². The van der Waals surface area contributed by atoms with Crippen LogP contribution in [0.3, 0.4) is 0 Å². The predicted octanol–water partition coefficient (Wildman–Crippen LogP) is 0.738. The molecule has 3 heterocycles. The van der Waals surface area contributed by atoms with E-state index in [4.69, 9.17) is 0 Å². The van der Waals surface area contributed by atoms with Gasteiger partial charge >= 0.3 is 0 Å². The molecule has 1 fully saturated rings. The number of nitrogens with one attached hydrogen (secondary N) is 2. The molecule has 2 N–H and O–H groups in total. The van der Waals surface area contributed by atoms with Crippen LogP contribution in [-0.2, 0) is 17.1 Å². The van der Waals surface area contributed by atoms with Crippen molar-refractivity contribution in [3.63, 3.8) is 0 Å². The maximum atomic E-state index is 12.8. The Hall–Kier alpha value is -2.76. The van der Waals surface area contributed by atoms with Crippen LogP contribution < -0.4 is 10.1 Å². The second kappa shape index (κ2) is 7.34. The number of rotatable bonds is 5. The van der Waals surface area contributed by atoms with Gasteiger partial charge in [0.2, 0.25) is 0 Å². The Bertz CT molecular complexity index is 1090. The van der Waals surface area contributed by atoms with Crippen molar-refractivity contribution in [3.8, 4) is 0 Å². The van der Waals surface area contributed by atoms with Crippen molar-refractivity contribution in [2.75, 3.05) is 43.4 Å². The number of hydrogen-bond donors (Lipinski definition) is 2. The minimum Gasteiger partial charge on any atom is -0.304 e. The van der Waals surface area contributed by atoms with Crippen molar-refractivity contribution < 1.29 is 8.42 Å². The summed E-state index contributed by atoms with van der Waals surface area (Å²) in [5.74, 6) is 0.525. The minimum atomic E-state index is -3.84. The quantitative estimate of drug-likeness (QED) is 0.643. The van der Waals surface area contributed by atoms with Crippen LogP contribution in [0, 0.1) is 0 Å². The number of aryl methyl sites for hydroxylation is 1. The maximum absolute atomic E-state index is 12.8. The first-order valence-electron chi connectivity index (χ1n) is 8.89. The van der Waals surface area contributed by atoms with Gasteiger partial charge in [-0.1, -0.05) is 12.1 Å². The zero-order chi connectivity index (χ0) is 19.7. The number of nitrogens with zero attached hydrogens (tertiary/aromatic N) is 6. The molecule has 28 heavy (non-hydrogen) atoms. The lowest BCUT2D eigenvalue weighted by molar-refractivity contribution is 0.178. The monoisotopic (exact) mass is 402 g/mol. The molecule has 0 spiro atoms. The van der Waals surface area contributed by atoms with Gasteiger partial charge in [0.05, 0.1) is 17.2 Å². The summed E-state index contributed by atoms with van der Waals surface area (Å²) >= 11 is 0. The molecule has 1 aliphatic rings. The first kappa shape index (κ1) is 18.6. The molecule has 4 rings (SSSR count). The summed E-state index contributed by atoms with van der Waals surface area (Å²) in [5.41, 5.74) is 4.52. The van der Waals surface area contributed by atoms with E-state index >= 15 is 0 Å². The number of likely N-dealkylation sites (N-methyl/N-ethyl adjacent to an activating group) is 1. The molecule has 0 aliphatic carbocycles. The first-order valence-corrected chi connectivity index (χ1v) is 10.4. The summed E-state index contributed by atoms with van der Waals surface area (Å²) in [5, 5.41) is 5.95. The van der Waals surface area contributed by atoms with Crippen LogP contribution in [0.1, 0.15) is 0 Å². The summed E-state index contributed by atoms with van der Waals surface area (Å²) in [6.07, 6.45) is 2.73. The van der Waals surface area contributed by atoms with E-state index in [1.807, 2.05) is 23.2 Å². The Kier molecular flexibility index (Phi) is 4.87. The molecule has 0 bridgehead atoms. The number of sulfonamides is 1. The molecule has 11 heteroatoms. The summed E-state index contributed by atoms with van der Waals surface area (Å²) in [7, 11) is -0.104. The van der Waals surface area contributed by atoms with E-state index in [1.165, 1.54) is 17.1 Å². The number of aromatic nitrogens is 4. The normalized spacial score (nSPS) is 16.4. The molecule has 1 aromatic carbocycles. The largest absolute Gasteiger partial charge is 0.304 e. The van der Waals surface area contributed by atoms with Crippen LogP contribution in [-0.4, -0.2) is 71.3 Å². The molecule has 3 aromatic rings. The second-order valence-electron chi connectivity index (χ2n) is 6.77. The van der Waals surface area contributed by atoms with Gasteiger partial charge in [-0.15, -0.1) is 0 Å². The van der Waals surface area contributed by atoms with Crippen LogP contribution in [0.2, 0.25) is 0 Å². The van der Waals surface area contributed by atoms with Crippen molar-refractivity contribution in [3.05, 3.63) is 36.7 Å². The molecule has 1 aliphatic heterocycles. The molecule has 1 saturated heterocycles. The van der Waals surface area contributed by atoms with E-state index in [0.29, 0.717) is 16.9 Å². The minimum absolute atomic E-state index is 0.0653. The number of piperazine rings is 1. The third kappa shape index (κ3) is 3.91. The summed E-state index contributed by atoms with van der Waals surface area (Å²) in [6, 6.07) is 7.35. The highest BCUT2D eigenvalue weighted by molar-refractivity contribution is 7.92.